The fourth-order valence-corrected chi connectivity index (χ4v) is 5.77. The summed E-state index contributed by atoms with van der Waals surface area (Å²) in [4.78, 5) is 26.2. The van der Waals surface area contributed by atoms with E-state index in [0.717, 1.165) is 31.2 Å². The normalized spacial score (nSPS) is 23.8. The summed E-state index contributed by atoms with van der Waals surface area (Å²) in [6.07, 6.45) is 3.73. The molecule has 2 aliphatic carbocycles. The van der Waals surface area contributed by atoms with E-state index in [9.17, 15) is 9.59 Å². The summed E-state index contributed by atoms with van der Waals surface area (Å²) in [5, 5.41) is 3.69. The van der Waals surface area contributed by atoms with Crippen molar-refractivity contribution in [1.29, 1.82) is 0 Å². The maximum Gasteiger partial charge on any atom is 0.251 e. The van der Waals surface area contributed by atoms with Gasteiger partial charge in [-0.1, -0.05) is 51.1 Å². The van der Waals surface area contributed by atoms with Gasteiger partial charge in [0.05, 0.1) is 5.56 Å². The third-order valence-electron chi connectivity index (χ3n) is 6.33. The Morgan fingerprint density at radius 2 is 1.89 bits per heavy atom. The number of anilines is 1. The predicted molar refractivity (Wildman–Crippen MR) is 114 cm³/mol. The number of primary amides is 1. The molecule has 0 saturated heterocycles. The first-order chi connectivity index (χ1) is 13.3. The zero-order valence-electron chi connectivity index (χ0n) is 16.7. The number of benzene rings is 1. The van der Waals surface area contributed by atoms with Crippen LogP contribution >= 0.6 is 11.3 Å². The molecule has 2 aromatic rings. The molecule has 0 aliphatic heterocycles. The third kappa shape index (κ3) is 3.60. The van der Waals surface area contributed by atoms with E-state index in [-0.39, 0.29) is 23.2 Å². The third-order valence-corrected chi connectivity index (χ3v) is 7.50. The molecule has 3 atom stereocenters. The summed E-state index contributed by atoms with van der Waals surface area (Å²) in [6, 6.07) is 10.1. The van der Waals surface area contributed by atoms with E-state index in [1.165, 1.54) is 10.4 Å². The molecule has 2 amide bonds. The van der Waals surface area contributed by atoms with Gasteiger partial charge in [-0.2, -0.15) is 0 Å². The van der Waals surface area contributed by atoms with E-state index in [2.05, 4.69) is 38.2 Å². The lowest BCUT2D eigenvalue weighted by Crippen LogP contribution is -2.27. The number of nitrogens with two attached hydrogens (primary N) is 1. The summed E-state index contributed by atoms with van der Waals surface area (Å²) in [5.41, 5.74) is 8.74. The van der Waals surface area contributed by atoms with Crippen LogP contribution < -0.4 is 11.1 Å². The van der Waals surface area contributed by atoms with Gasteiger partial charge in [0, 0.05) is 10.8 Å². The second-order valence-electron chi connectivity index (χ2n) is 9.23. The van der Waals surface area contributed by atoms with Gasteiger partial charge in [0.25, 0.3) is 5.91 Å². The van der Waals surface area contributed by atoms with Crippen LogP contribution in [0.25, 0.3) is 0 Å². The van der Waals surface area contributed by atoms with Crippen LogP contribution in [0, 0.1) is 17.3 Å². The Morgan fingerprint density at radius 1 is 1.18 bits per heavy atom. The minimum absolute atomic E-state index is 0.00215. The maximum absolute atomic E-state index is 12.8. The molecule has 0 bridgehead atoms. The predicted octanol–water partition coefficient (Wildman–Crippen LogP) is 4.74. The number of rotatable bonds is 4. The van der Waals surface area contributed by atoms with Crippen molar-refractivity contribution in [3.63, 3.8) is 0 Å². The number of thiophene rings is 1. The molecule has 1 fully saturated rings. The van der Waals surface area contributed by atoms with Crippen LogP contribution in [0.3, 0.4) is 0 Å². The molecule has 1 aromatic heterocycles. The van der Waals surface area contributed by atoms with Gasteiger partial charge in [-0.25, -0.2) is 0 Å². The topological polar surface area (TPSA) is 72.2 Å². The van der Waals surface area contributed by atoms with E-state index in [1.54, 1.807) is 11.3 Å². The van der Waals surface area contributed by atoms with Crippen molar-refractivity contribution in [3.05, 3.63) is 51.9 Å². The van der Waals surface area contributed by atoms with E-state index < -0.39 is 5.91 Å². The SMILES string of the molecule is CC(C)(C)[C@H]1CCc2c(sc(NC(=O)[C@@H]3C[C@H]3c3ccccc3)c2C(N)=O)C1. The maximum atomic E-state index is 12.8. The van der Waals surface area contributed by atoms with Crippen LogP contribution in [0.15, 0.2) is 30.3 Å². The average molecular weight is 397 g/mol. The van der Waals surface area contributed by atoms with E-state index in [4.69, 9.17) is 5.73 Å². The highest BCUT2D eigenvalue weighted by atomic mass is 32.1. The lowest BCUT2D eigenvalue weighted by molar-refractivity contribution is -0.117. The van der Waals surface area contributed by atoms with Gasteiger partial charge in [0.1, 0.15) is 5.00 Å². The Balaban J connectivity index is 1.53. The number of carbonyl (C=O) groups is 2. The summed E-state index contributed by atoms with van der Waals surface area (Å²) < 4.78 is 0. The van der Waals surface area contributed by atoms with Gasteiger partial charge >= 0.3 is 0 Å². The van der Waals surface area contributed by atoms with Crippen LogP contribution in [-0.2, 0) is 17.6 Å². The van der Waals surface area contributed by atoms with Crippen LogP contribution in [0.2, 0.25) is 0 Å². The molecule has 1 saturated carbocycles. The van der Waals surface area contributed by atoms with Gasteiger partial charge in [-0.05, 0) is 54.1 Å². The molecule has 0 radical (unpaired) electrons. The van der Waals surface area contributed by atoms with Gasteiger partial charge in [0.2, 0.25) is 5.91 Å². The van der Waals surface area contributed by atoms with Crippen LogP contribution in [-0.4, -0.2) is 11.8 Å². The van der Waals surface area contributed by atoms with Crippen molar-refractivity contribution in [1.82, 2.24) is 0 Å². The Hall–Kier alpha value is -2.14. The zero-order valence-corrected chi connectivity index (χ0v) is 17.6. The first kappa shape index (κ1) is 19.2. The molecule has 3 N–H and O–H groups in total. The summed E-state index contributed by atoms with van der Waals surface area (Å²) in [5.74, 6) is 0.399. The van der Waals surface area contributed by atoms with Crippen molar-refractivity contribution in [2.24, 2.45) is 23.0 Å². The molecular weight excluding hydrogens is 368 g/mol. The number of hydrogen-bond donors (Lipinski definition) is 2. The highest BCUT2D eigenvalue weighted by Crippen LogP contribution is 2.49. The summed E-state index contributed by atoms with van der Waals surface area (Å²) in [7, 11) is 0. The smallest absolute Gasteiger partial charge is 0.251 e. The van der Waals surface area contributed by atoms with E-state index in [1.807, 2.05) is 18.2 Å². The van der Waals surface area contributed by atoms with Gasteiger partial charge in [-0.15, -0.1) is 11.3 Å². The van der Waals surface area contributed by atoms with Crippen molar-refractivity contribution < 1.29 is 9.59 Å². The fourth-order valence-electron chi connectivity index (χ4n) is 4.43. The molecule has 0 spiro atoms. The molecular formula is C23H28N2O2S. The standard InChI is InChI=1S/C23H28N2O2S/c1-23(2,3)14-9-10-15-18(11-14)28-22(19(15)20(24)26)25-21(27)17-12-16(17)13-7-5-4-6-8-13/h4-8,14,16-17H,9-12H2,1-3H3,(H2,24,26)(H,25,27)/t14-,16-,17+/m0/s1. The zero-order chi connectivity index (χ0) is 20.1. The Bertz CT molecular complexity index is 911. The van der Waals surface area contributed by atoms with Crippen molar-refractivity contribution in [2.45, 2.75) is 52.4 Å². The summed E-state index contributed by atoms with van der Waals surface area (Å²) >= 11 is 1.55. The van der Waals surface area contributed by atoms with E-state index >= 15 is 0 Å². The Kier molecular flexibility index (Phi) is 4.82. The van der Waals surface area contributed by atoms with E-state index in [0.29, 0.717) is 16.5 Å². The molecule has 2 aliphatic rings. The van der Waals surface area contributed by atoms with Crippen LogP contribution in [0.5, 0.6) is 0 Å². The van der Waals surface area contributed by atoms with Crippen molar-refractivity contribution in [2.75, 3.05) is 5.32 Å². The minimum Gasteiger partial charge on any atom is -0.365 e. The number of hydrogen-bond acceptors (Lipinski definition) is 3. The number of carbonyl (C=O) groups excluding carboxylic acids is 2. The van der Waals surface area contributed by atoms with Crippen LogP contribution in [0.4, 0.5) is 5.00 Å². The van der Waals surface area contributed by atoms with Crippen LogP contribution in [0.1, 0.15) is 65.9 Å². The summed E-state index contributed by atoms with van der Waals surface area (Å²) in [6.45, 7) is 6.81. The molecule has 4 rings (SSSR count). The van der Waals surface area contributed by atoms with Gasteiger partial charge < -0.3 is 11.1 Å². The molecule has 28 heavy (non-hydrogen) atoms. The van der Waals surface area contributed by atoms with Crippen molar-refractivity contribution >= 4 is 28.2 Å². The number of nitrogens with one attached hydrogen (secondary N) is 1. The van der Waals surface area contributed by atoms with Gasteiger partial charge in [-0.3, -0.25) is 9.59 Å². The first-order valence-corrected chi connectivity index (χ1v) is 10.9. The lowest BCUT2D eigenvalue weighted by atomic mass is 9.72. The molecule has 148 valence electrons. The number of fused-ring (bicyclic) bond motifs is 1. The molecule has 1 aromatic carbocycles. The average Bonchev–Trinajstić information content (AvgIpc) is 3.36. The molecule has 5 heteroatoms. The van der Waals surface area contributed by atoms with Crippen molar-refractivity contribution in [3.8, 4) is 0 Å². The minimum atomic E-state index is -0.433. The van der Waals surface area contributed by atoms with Gasteiger partial charge in [0.15, 0.2) is 0 Å². The molecule has 0 unspecified atom stereocenters. The Morgan fingerprint density at radius 3 is 2.54 bits per heavy atom. The number of amides is 2. The fraction of sp³-hybridized carbons (Fsp3) is 0.478. The highest BCUT2D eigenvalue weighted by Gasteiger charge is 2.44. The quantitative estimate of drug-likeness (QED) is 0.783. The lowest BCUT2D eigenvalue weighted by Gasteiger charge is -2.33. The monoisotopic (exact) mass is 396 g/mol. The second kappa shape index (κ2) is 7.03. The second-order valence-corrected chi connectivity index (χ2v) is 10.3. The highest BCUT2D eigenvalue weighted by molar-refractivity contribution is 7.17. The molecule has 4 nitrogen and oxygen atoms in total. The Labute approximate surface area is 170 Å². The first-order valence-electron chi connectivity index (χ1n) is 10.1. The largest absolute Gasteiger partial charge is 0.365 e. The molecule has 1 heterocycles.